The van der Waals surface area contributed by atoms with Crippen LogP contribution < -0.4 is 0 Å². The van der Waals surface area contributed by atoms with E-state index in [0.717, 1.165) is 10.5 Å². The molecule has 0 aliphatic rings. The van der Waals surface area contributed by atoms with Crippen molar-refractivity contribution in [2.75, 3.05) is 0 Å². The molecular formula is H27O12Si13. The van der Waals surface area contributed by atoms with Gasteiger partial charge >= 0.3 is 0 Å². The topological polar surface area (TPSA) is 111 Å². The van der Waals surface area contributed by atoms with Gasteiger partial charge < -0.3 is 49.4 Å². The molecule has 0 spiro atoms. The molecule has 0 heterocycles. The highest BCUT2D eigenvalue weighted by Crippen LogP contribution is 1.79. The zero-order valence-electron chi connectivity index (χ0n) is 14.4. The molecule has 0 aliphatic carbocycles. The van der Waals surface area contributed by atoms with E-state index < -0.39 is 110 Å². The molecule has 0 fully saturated rings. The maximum absolute atomic E-state index is 5.41. The van der Waals surface area contributed by atoms with Gasteiger partial charge in [0.25, 0.3) is 110 Å². The summed E-state index contributed by atoms with van der Waals surface area (Å²) >= 11 is 0. The predicted molar refractivity (Wildman–Crippen MR) is 125 cm³/mol. The Kier molecular flexibility index (Phi) is 28.8. The van der Waals surface area contributed by atoms with Gasteiger partial charge in [-0.2, -0.15) is 0 Å². The van der Waals surface area contributed by atoms with Crippen LogP contribution in [0.2, 0.25) is 0 Å². The molecule has 1 radical (unpaired) electrons. The van der Waals surface area contributed by atoms with E-state index in [1.54, 1.807) is 0 Å². The SMILES string of the molecule is [SiH2]O[SiH2]O[SiH2]O[SiH2]O[SiH2]O[SiH2]O[SiH2]O[SiH2]O[SiH2]O[SiH2]O[SiH2]O[SiH2]O[SiH3]. The van der Waals surface area contributed by atoms with E-state index in [2.05, 4.69) is 0 Å². The maximum atomic E-state index is 5.41. The van der Waals surface area contributed by atoms with E-state index in [9.17, 15) is 0 Å². The molecule has 0 bridgehead atoms. The summed E-state index contributed by atoms with van der Waals surface area (Å²) in [6, 6.07) is 0. The zero-order valence-corrected chi connectivity index (χ0v) is 33.4. The quantitative estimate of drug-likeness (QED) is 0.0891. The van der Waals surface area contributed by atoms with Crippen LogP contribution in [0.3, 0.4) is 0 Å². The average Bonchev–Trinajstić information content (AvgIpc) is 2.63. The lowest BCUT2D eigenvalue weighted by Crippen LogP contribution is -2.22. The van der Waals surface area contributed by atoms with Crippen molar-refractivity contribution in [3.8, 4) is 0 Å². The average molecular weight is 584 g/mol. The molecule has 151 valence electrons. The summed E-state index contributed by atoms with van der Waals surface area (Å²) in [5.74, 6) is 0. The van der Waals surface area contributed by atoms with Gasteiger partial charge in [0.15, 0.2) is 10.5 Å². The largest absolute Gasteiger partial charge is 0.449 e. The van der Waals surface area contributed by atoms with Crippen molar-refractivity contribution >= 4 is 131 Å². The molecule has 12 nitrogen and oxygen atoms in total. The molecule has 25 heavy (non-hydrogen) atoms. The van der Waals surface area contributed by atoms with Crippen LogP contribution in [0.25, 0.3) is 0 Å². The Labute approximate surface area is 179 Å². The van der Waals surface area contributed by atoms with E-state index in [1.807, 2.05) is 0 Å². The zero-order chi connectivity index (χ0) is 18.3. The summed E-state index contributed by atoms with van der Waals surface area (Å²) in [6.45, 7) is 0. The Morgan fingerprint density at radius 1 is 0.400 bits per heavy atom. The first-order valence-corrected chi connectivity index (χ1v) is 21.1. The normalized spacial score (nSPS) is 16.7. The third-order valence-electron chi connectivity index (χ3n) is 1.87. The second-order valence-corrected chi connectivity index (χ2v) is 26.7. The first-order chi connectivity index (χ1) is 12.4. The molecule has 0 aliphatic heterocycles. The van der Waals surface area contributed by atoms with Crippen LogP contribution in [0, 0.1) is 0 Å². The van der Waals surface area contributed by atoms with Crippen LogP contribution >= 0.6 is 0 Å². The van der Waals surface area contributed by atoms with Crippen LogP contribution in [0.5, 0.6) is 0 Å². The third kappa shape index (κ3) is 26.3. The Balaban J connectivity index is 2.94. The number of hydrogen-bond donors (Lipinski definition) is 0. The molecular weight excluding hydrogens is 557 g/mol. The van der Waals surface area contributed by atoms with Gasteiger partial charge in [0, 0.05) is 0 Å². The highest BCUT2D eigenvalue weighted by Gasteiger charge is 1.96. The highest BCUT2D eigenvalue weighted by molar-refractivity contribution is 6.50. The summed E-state index contributed by atoms with van der Waals surface area (Å²) in [7, 11) is -7.74. The van der Waals surface area contributed by atoms with Crippen molar-refractivity contribution < 1.29 is 49.4 Å². The summed E-state index contributed by atoms with van der Waals surface area (Å²) in [4.78, 5) is 0. The molecule has 0 saturated heterocycles. The number of hydrogen-bond acceptors (Lipinski definition) is 12. The van der Waals surface area contributed by atoms with Crippen LogP contribution in [-0.2, 0) is 49.4 Å². The molecule has 0 N–H and O–H groups in total. The fourth-order valence-electron chi connectivity index (χ4n) is 1.01. The monoisotopic (exact) mass is 583 g/mol. The van der Waals surface area contributed by atoms with E-state index >= 15 is 0 Å². The van der Waals surface area contributed by atoms with E-state index in [0.29, 0.717) is 0 Å². The van der Waals surface area contributed by atoms with Crippen molar-refractivity contribution in [1.29, 1.82) is 0 Å². The highest BCUT2D eigenvalue weighted by atomic mass is 28.4. The van der Waals surface area contributed by atoms with Crippen LogP contribution in [0.1, 0.15) is 0 Å². The minimum atomic E-state index is -0.970. The van der Waals surface area contributed by atoms with Crippen LogP contribution in [0.15, 0.2) is 0 Å². The van der Waals surface area contributed by atoms with Gasteiger partial charge in [0.2, 0.25) is 0 Å². The maximum Gasteiger partial charge on any atom is 0.286 e. The summed E-state index contributed by atoms with van der Waals surface area (Å²) in [5.41, 5.74) is 0. The van der Waals surface area contributed by atoms with Crippen LogP contribution in [0.4, 0.5) is 0 Å². The molecule has 0 aromatic rings. The van der Waals surface area contributed by atoms with Crippen molar-refractivity contribution in [2.24, 2.45) is 0 Å². The van der Waals surface area contributed by atoms with Crippen molar-refractivity contribution in [1.82, 2.24) is 0 Å². The molecule has 0 atom stereocenters. The Morgan fingerprint density at radius 3 is 0.880 bits per heavy atom. The van der Waals surface area contributed by atoms with Gasteiger partial charge in [0.1, 0.15) is 10.5 Å². The molecule has 0 aromatic heterocycles. The molecule has 0 unspecified atom stereocenters. The summed E-state index contributed by atoms with van der Waals surface area (Å²) in [6.07, 6.45) is 0. The van der Waals surface area contributed by atoms with Gasteiger partial charge in [-0.25, -0.2) is 0 Å². The second-order valence-electron chi connectivity index (χ2n) is 3.83. The minimum Gasteiger partial charge on any atom is -0.449 e. The fraction of sp³-hybridized carbons (Fsp3) is 0. The molecule has 0 amide bonds. The molecule has 0 rings (SSSR count). The lowest BCUT2D eigenvalue weighted by atomic mass is 15.7. The predicted octanol–water partition coefficient (Wildman–Crippen LogP) is -13.0. The van der Waals surface area contributed by atoms with Gasteiger partial charge in [-0.3, -0.25) is 0 Å². The molecule has 0 saturated carbocycles. The Morgan fingerprint density at radius 2 is 0.640 bits per heavy atom. The van der Waals surface area contributed by atoms with Gasteiger partial charge in [-0.1, -0.05) is 0 Å². The molecule has 0 aromatic carbocycles. The summed E-state index contributed by atoms with van der Waals surface area (Å²) in [5, 5.41) is 0. The fourth-order valence-corrected chi connectivity index (χ4v) is 21.2. The van der Waals surface area contributed by atoms with E-state index in [4.69, 9.17) is 49.4 Å². The van der Waals surface area contributed by atoms with E-state index in [1.165, 1.54) is 10.5 Å². The van der Waals surface area contributed by atoms with Gasteiger partial charge in [0.05, 0.1) is 0 Å². The van der Waals surface area contributed by atoms with Crippen molar-refractivity contribution in [2.45, 2.75) is 0 Å². The lowest BCUT2D eigenvalue weighted by Gasteiger charge is -2.09. The van der Waals surface area contributed by atoms with E-state index in [-0.39, 0.29) is 0 Å². The van der Waals surface area contributed by atoms with Gasteiger partial charge in [-0.05, 0) is 0 Å². The Bertz CT molecular complexity index is 211. The standard InChI is InChI=1S/H27O12Si13/c13-1-15-3-17-5-19-7-21-9-23-11-25-12-24-10-22-8-20-6-18-4-16-2-14/h13,15-25H2,14H3. The second kappa shape index (κ2) is 26.3. The lowest BCUT2D eigenvalue weighted by molar-refractivity contribution is 0.359. The number of rotatable bonds is 22. The van der Waals surface area contributed by atoms with Crippen molar-refractivity contribution in [3.63, 3.8) is 0 Å². The van der Waals surface area contributed by atoms with Gasteiger partial charge in [-0.15, -0.1) is 0 Å². The van der Waals surface area contributed by atoms with Crippen molar-refractivity contribution in [3.05, 3.63) is 0 Å². The molecule has 25 heteroatoms. The Hall–Kier alpha value is 2.34. The minimum absolute atomic E-state index is 0.746. The first kappa shape index (κ1) is 27.3. The first-order valence-electron chi connectivity index (χ1n) is 7.05. The van der Waals surface area contributed by atoms with Crippen LogP contribution in [-0.4, -0.2) is 131 Å². The summed E-state index contributed by atoms with van der Waals surface area (Å²) < 4.78 is 63.5. The smallest absolute Gasteiger partial charge is 0.286 e. The third-order valence-corrected chi connectivity index (χ3v) is 16.8.